The molecule has 0 saturated heterocycles. The highest BCUT2D eigenvalue weighted by Gasteiger charge is 2.38. The highest BCUT2D eigenvalue weighted by molar-refractivity contribution is 7.92. The Balaban J connectivity index is 0.000000637. The van der Waals surface area contributed by atoms with Crippen molar-refractivity contribution in [2.45, 2.75) is 37.3 Å². The minimum atomic E-state index is -3.20. The predicted octanol–water partition coefficient (Wildman–Crippen LogP) is 3.46. The van der Waals surface area contributed by atoms with Crippen LogP contribution >= 0.6 is 0 Å². The number of allylic oxidation sites excluding steroid dienone is 3. The third kappa shape index (κ3) is 2.39. The molecule has 0 N–H and O–H groups in total. The maximum Gasteiger partial charge on any atom is 0.185 e. The Hall–Kier alpha value is -1.35. The molecule has 1 aliphatic heterocycles. The van der Waals surface area contributed by atoms with E-state index in [1.807, 2.05) is 57.2 Å². The van der Waals surface area contributed by atoms with E-state index in [4.69, 9.17) is 0 Å². The highest BCUT2D eigenvalue weighted by Crippen LogP contribution is 2.36. The zero-order valence-electron chi connectivity index (χ0n) is 11.6. The Labute approximate surface area is 115 Å². The summed E-state index contributed by atoms with van der Waals surface area (Å²) >= 11 is 0. The van der Waals surface area contributed by atoms with E-state index in [9.17, 15) is 8.42 Å². The maximum absolute atomic E-state index is 12.5. The number of sulfone groups is 1. The number of fused-ring (bicyclic) bond motifs is 2. The van der Waals surface area contributed by atoms with Gasteiger partial charge in [0.25, 0.3) is 0 Å². The van der Waals surface area contributed by atoms with Gasteiger partial charge in [-0.25, -0.2) is 8.42 Å². The van der Waals surface area contributed by atoms with Gasteiger partial charge in [0.2, 0.25) is 0 Å². The second-order valence-corrected chi connectivity index (χ2v) is 6.83. The Kier molecular flexibility index (Phi) is 3.95. The topological polar surface area (TPSA) is 34.1 Å². The molecule has 2 atom stereocenters. The van der Waals surface area contributed by atoms with E-state index in [2.05, 4.69) is 0 Å². The van der Waals surface area contributed by atoms with Gasteiger partial charge in [-0.3, -0.25) is 0 Å². The molecule has 0 radical (unpaired) electrons. The van der Waals surface area contributed by atoms with Crippen molar-refractivity contribution in [3.63, 3.8) is 0 Å². The first-order valence-electron chi connectivity index (χ1n) is 6.77. The number of hydrogen-bond acceptors (Lipinski definition) is 2. The van der Waals surface area contributed by atoms with E-state index in [1.54, 1.807) is 6.07 Å². The van der Waals surface area contributed by atoms with Gasteiger partial charge in [-0.1, -0.05) is 50.3 Å². The Bertz CT molecular complexity index is 624. The molecule has 3 rings (SSSR count). The summed E-state index contributed by atoms with van der Waals surface area (Å²) < 4.78 is 25.0. The van der Waals surface area contributed by atoms with Crippen LogP contribution in [0.2, 0.25) is 0 Å². The van der Waals surface area contributed by atoms with Crippen LogP contribution in [-0.4, -0.2) is 13.7 Å². The van der Waals surface area contributed by atoms with Crippen molar-refractivity contribution in [1.29, 1.82) is 0 Å². The molecular formula is C16H20O2S. The second kappa shape index (κ2) is 5.33. The first-order chi connectivity index (χ1) is 9.09. The molecule has 19 heavy (non-hydrogen) atoms. The highest BCUT2D eigenvalue weighted by atomic mass is 32.2. The first-order valence-corrected chi connectivity index (χ1v) is 8.32. The van der Waals surface area contributed by atoms with E-state index in [-0.39, 0.29) is 11.2 Å². The lowest BCUT2D eigenvalue weighted by Crippen LogP contribution is -2.34. The van der Waals surface area contributed by atoms with Crippen molar-refractivity contribution < 1.29 is 8.42 Å². The van der Waals surface area contributed by atoms with Crippen molar-refractivity contribution in [1.82, 2.24) is 0 Å². The van der Waals surface area contributed by atoms with Gasteiger partial charge >= 0.3 is 0 Å². The minimum Gasteiger partial charge on any atom is -0.223 e. The molecule has 0 spiro atoms. The van der Waals surface area contributed by atoms with Gasteiger partial charge in [-0.05, 0) is 30.5 Å². The summed E-state index contributed by atoms with van der Waals surface area (Å²) in [5.41, 5.74) is 1.96. The van der Waals surface area contributed by atoms with Crippen LogP contribution in [0.3, 0.4) is 0 Å². The van der Waals surface area contributed by atoms with Crippen LogP contribution < -0.4 is 0 Å². The molecular weight excluding hydrogens is 256 g/mol. The van der Waals surface area contributed by atoms with Crippen LogP contribution in [0, 0.1) is 12.8 Å². The number of aryl methyl sites for hydroxylation is 1. The molecule has 0 fully saturated rings. The third-order valence-corrected chi connectivity index (χ3v) is 5.75. The van der Waals surface area contributed by atoms with Crippen LogP contribution in [0.4, 0.5) is 0 Å². The van der Waals surface area contributed by atoms with Gasteiger partial charge < -0.3 is 0 Å². The molecule has 0 amide bonds. The van der Waals surface area contributed by atoms with Crippen LogP contribution in [0.15, 0.2) is 47.4 Å². The lowest BCUT2D eigenvalue weighted by Gasteiger charge is -2.30. The van der Waals surface area contributed by atoms with Gasteiger partial charge in [0.1, 0.15) is 0 Å². The fourth-order valence-corrected chi connectivity index (χ4v) is 4.75. The van der Waals surface area contributed by atoms with Crippen LogP contribution in [0.1, 0.15) is 25.0 Å². The van der Waals surface area contributed by atoms with Crippen LogP contribution in [0.5, 0.6) is 0 Å². The maximum atomic E-state index is 12.5. The molecule has 1 aromatic rings. The van der Waals surface area contributed by atoms with Crippen LogP contribution in [-0.2, 0) is 16.3 Å². The Morgan fingerprint density at radius 2 is 1.79 bits per heavy atom. The van der Waals surface area contributed by atoms with E-state index in [1.165, 1.54) is 0 Å². The molecule has 3 heteroatoms. The van der Waals surface area contributed by atoms with Gasteiger partial charge in [-0.15, -0.1) is 0 Å². The number of hydrogen-bond donors (Lipinski definition) is 0. The lowest BCUT2D eigenvalue weighted by molar-refractivity contribution is 0.542. The Morgan fingerprint density at radius 3 is 2.53 bits per heavy atom. The summed E-state index contributed by atoms with van der Waals surface area (Å²) in [6.45, 7) is 5.93. The normalized spacial score (nSPS) is 25.8. The average Bonchev–Trinajstić information content (AvgIpc) is 2.42. The van der Waals surface area contributed by atoms with Gasteiger partial charge in [0, 0.05) is 5.92 Å². The molecule has 2 nitrogen and oxygen atoms in total. The predicted molar refractivity (Wildman–Crippen MR) is 79.0 cm³/mol. The van der Waals surface area contributed by atoms with Gasteiger partial charge in [-0.2, -0.15) is 0 Å². The number of rotatable bonds is 0. The zero-order valence-corrected chi connectivity index (χ0v) is 12.4. The first kappa shape index (κ1) is 14.1. The van der Waals surface area contributed by atoms with Crippen molar-refractivity contribution in [3.05, 3.63) is 53.6 Å². The van der Waals surface area contributed by atoms with E-state index < -0.39 is 9.84 Å². The van der Waals surface area contributed by atoms with E-state index >= 15 is 0 Å². The molecule has 2 unspecified atom stereocenters. The number of benzene rings is 1. The molecule has 0 bridgehead atoms. The molecule has 1 aliphatic carbocycles. The summed E-state index contributed by atoms with van der Waals surface area (Å²) in [6.07, 6.45) is 8.41. The quantitative estimate of drug-likeness (QED) is 0.727. The molecule has 1 heterocycles. The summed E-state index contributed by atoms with van der Waals surface area (Å²) in [5.74, 6) is 0.0974. The third-order valence-electron chi connectivity index (χ3n) is 3.54. The van der Waals surface area contributed by atoms with Gasteiger partial charge in [0.15, 0.2) is 9.84 Å². The molecule has 1 aromatic carbocycles. The van der Waals surface area contributed by atoms with E-state index in [0.717, 1.165) is 17.5 Å². The monoisotopic (exact) mass is 276 g/mol. The lowest BCUT2D eigenvalue weighted by atomic mass is 9.92. The SMILES string of the molecule is CC.Cc1ccc2c(c1)S(=O)(=O)C1C=CC=CC1C2. The van der Waals surface area contributed by atoms with Crippen molar-refractivity contribution in [2.75, 3.05) is 0 Å². The molecule has 102 valence electrons. The smallest absolute Gasteiger partial charge is 0.185 e. The standard InChI is InChI=1S/C14H14O2S.C2H6/c1-10-6-7-12-9-11-4-2-3-5-13(11)17(15,16)14(12)8-10;1-2/h2-8,11,13H,9H2,1H3;1-2H3. The van der Waals surface area contributed by atoms with E-state index in [0.29, 0.717) is 4.90 Å². The fourth-order valence-electron chi connectivity index (χ4n) is 2.65. The zero-order chi connectivity index (χ0) is 14.0. The minimum absolute atomic E-state index is 0.0974. The van der Waals surface area contributed by atoms with Crippen molar-refractivity contribution in [3.8, 4) is 0 Å². The van der Waals surface area contributed by atoms with Crippen molar-refractivity contribution in [2.24, 2.45) is 5.92 Å². The summed E-state index contributed by atoms with van der Waals surface area (Å²) in [7, 11) is -3.20. The average molecular weight is 276 g/mol. The molecule has 2 aliphatic rings. The van der Waals surface area contributed by atoms with Crippen LogP contribution in [0.25, 0.3) is 0 Å². The van der Waals surface area contributed by atoms with Gasteiger partial charge in [0.05, 0.1) is 10.1 Å². The summed E-state index contributed by atoms with van der Waals surface area (Å²) in [6, 6.07) is 5.73. The largest absolute Gasteiger partial charge is 0.223 e. The summed E-state index contributed by atoms with van der Waals surface area (Å²) in [5, 5.41) is -0.373. The summed E-state index contributed by atoms with van der Waals surface area (Å²) in [4.78, 5) is 0.527. The fraction of sp³-hybridized carbons (Fsp3) is 0.375. The second-order valence-electron chi connectivity index (χ2n) is 4.76. The molecule has 0 aromatic heterocycles. The Morgan fingerprint density at radius 1 is 1.11 bits per heavy atom. The molecule has 0 saturated carbocycles. The van der Waals surface area contributed by atoms with Crippen molar-refractivity contribution >= 4 is 9.84 Å².